The molecule has 1 fully saturated rings. The van der Waals surface area contributed by atoms with Gasteiger partial charge < -0.3 is 0 Å². The van der Waals surface area contributed by atoms with Crippen LogP contribution in [0.4, 0.5) is 0 Å². The minimum atomic E-state index is -3.91. The summed E-state index contributed by atoms with van der Waals surface area (Å²) in [4.78, 5) is -0.297. The number of sulfonamides is 2. The van der Waals surface area contributed by atoms with Crippen molar-refractivity contribution >= 4 is 20.0 Å². The van der Waals surface area contributed by atoms with Crippen LogP contribution in [-0.4, -0.2) is 23.4 Å². The fourth-order valence-electron chi connectivity index (χ4n) is 1.91. The van der Waals surface area contributed by atoms with E-state index in [-0.39, 0.29) is 9.79 Å². The number of rotatable bonds is 7. The van der Waals surface area contributed by atoms with Gasteiger partial charge in [0.2, 0.25) is 20.0 Å². The van der Waals surface area contributed by atoms with E-state index >= 15 is 0 Å². The van der Waals surface area contributed by atoms with Gasteiger partial charge in [-0.3, -0.25) is 0 Å². The molecule has 20 heavy (non-hydrogen) atoms. The Balaban J connectivity index is 2.04. The van der Waals surface area contributed by atoms with Crippen molar-refractivity contribution in [3.05, 3.63) is 24.3 Å². The van der Waals surface area contributed by atoms with Crippen molar-refractivity contribution in [1.82, 2.24) is 4.72 Å². The quantitative estimate of drug-likeness (QED) is 0.725. The van der Waals surface area contributed by atoms with Crippen molar-refractivity contribution in [3.63, 3.8) is 0 Å². The molecule has 0 amide bonds. The average molecular weight is 318 g/mol. The Labute approximate surface area is 119 Å². The van der Waals surface area contributed by atoms with Crippen LogP contribution in [0, 0.1) is 5.92 Å². The second-order valence-electron chi connectivity index (χ2n) is 5.00. The van der Waals surface area contributed by atoms with E-state index in [1.807, 2.05) is 0 Å². The van der Waals surface area contributed by atoms with Crippen LogP contribution in [0.25, 0.3) is 0 Å². The average Bonchev–Trinajstić information content (AvgIpc) is 3.18. The summed E-state index contributed by atoms with van der Waals surface area (Å²) in [5.41, 5.74) is 0. The van der Waals surface area contributed by atoms with Crippen LogP contribution < -0.4 is 9.86 Å². The summed E-state index contributed by atoms with van der Waals surface area (Å²) in [6, 6.07) is 5.04. The molecule has 0 bridgehead atoms. The summed E-state index contributed by atoms with van der Waals surface area (Å²) in [5, 5.41) is 4.99. The first-order chi connectivity index (χ1) is 9.29. The minimum absolute atomic E-state index is 0.0875. The Kier molecular flexibility index (Phi) is 4.48. The maximum Gasteiger partial charge on any atom is 0.240 e. The Morgan fingerprint density at radius 3 is 2.40 bits per heavy atom. The topological polar surface area (TPSA) is 106 Å². The lowest BCUT2D eigenvalue weighted by atomic mass is 10.2. The van der Waals surface area contributed by atoms with Crippen LogP contribution in [0.3, 0.4) is 0 Å². The number of hydrogen-bond donors (Lipinski definition) is 2. The summed E-state index contributed by atoms with van der Waals surface area (Å²) < 4.78 is 49.0. The van der Waals surface area contributed by atoms with Crippen LogP contribution in [0.2, 0.25) is 0 Å². The first-order valence-corrected chi connectivity index (χ1v) is 9.44. The lowest BCUT2D eigenvalue weighted by Crippen LogP contribution is -2.25. The Bertz CT molecular complexity index is 679. The molecule has 0 heterocycles. The van der Waals surface area contributed by atoms with E-state index in [1.165, 1.54) is 31.0 Å². The van der Waals surface area contributed by atoms with E-state index in [0.717, 1.165) is 24.8 Å². The highest BCUT2D eigenvalue weighted by molar-refractivity contribution is 7.90. The van der Waals surface area contributed by atoms with Gasteiger partial charge in [-0.15, -0.1) is 0 Å². The van der Waals surface area contributed by atoms with Crippen molar-refractivity contribution in [2.75, 3.05) is 6.54 Å². The minimum Gasteiger partial charge on any atom is -0.225 e. The molecule has 3 N–H and O–H groups in total. The normalized spacial score (nSPS) is 16.2. The van der Waals surface area contributed by atoms with Gasteiger partial charge in [-0.1, -0.05) is 18.9 Å². The molecule has 0 aromatic heterocycles. The van der Waals surface area contributed by atoms with Gasteiger partial charge in [-0.25, -0.2) is 26.7 Å². The zero-order valence-electron chi connectivity index (χ0n) is 10.9. The molecular formula is C12H18N2O4S2. The van der Waals surface area contributed by atoms with Crippen molar-refractivity contribution in [3.8, 4) is 0 Å². The molecular weight excluding hydrogens is 300 g/mol. The predicted octanol–water partition coefficient (Wildman–Crippen LogP) is 0.802. The van der Waals surface area contributed by atoms with E-state index in [2.05, 4.69) is 4.72 Å². The Morgan fingerprint density at radius 2 is 1.80 bits per heavy atom. The smallest absolute Gasteiger partial charge is 0.225 e. The van der Waals surface area contributed by atoms with Gasteiger partial charge >= 0.3 is 0 Å². The Hall–Kier alpha value is -0.960. The summed E-state index contributed by atoms with van der Waals surface area (Å²) in [7, 11) is -7.60. The predicted molar refractivity (Wildman–Crippen MR) is 75.0 cm³/mol. The van der Waals surface area contributed by atoms with Gasteiger partial charge in [-0.2, -0.15) is 0 Å². The number of nitrogens with one attached hydrogen (secondary N) is 1. The maximum atomic E-state index is 12.0. The highest BCUT2D eigenvalue weighted by Gasteiger charge is 2.21. The molecule has 0 spiro atoms. The van der Waals surface area contributed by atoms with Crippen molar-refractivity contribution in [2.24, 2.45) is 11.1 Å². The number of primary sulfonamides is 1. The second kappa shape index (κ2) is 5.80. The van der Waals surface area contributed by atoms with E-state index in [9.17, 15) is 16.8 Å². The highest BCUT2D eigenvalue weighted by Crippen LogP contribution is 2.33. The molecule has 8 heteroatoms. The van der Waals surface area contributed by atoms with Crippen LogP contribution in [0.5, 0.6) is 0 Å². The van der Waals surface area contributed by atoms with Crippen LogP contribution >= 0.6 is 0 Å². The summed E-state index contributed by atoms with van der Waals surface area (Å²) in [6.45, 7) is 0.360. The molecule has 1 saturated carbocycles. The van der Waals surface area contributed by atoms with Gasteiger partial charge in [0.1, 0.15) is 0 Å². The lowest BCUT2D eigenvalue weighted by Gasteiger charge is -2.07. The molecule has 0 aliphatic heterocycles. The molecule has 1 aliphatic carbocycles. The molecule has 6 nitrogen and oxygen atoms in total. The highest BCUT2D eigenvalue weighted by atomic mass is 32.2. The van der Waals surface area contributed by atoms with Crippen LogP contribution in [0.1, 0.15) is 25.7 Å². The SMILES string of the molecule is NS(=O)(=O)c1cccc(S(=O)(=O)NCCCC2CC2)c1. The standard InChI is InChI=1S/C12H18N2O4S2/c13-19(15,16)11-4-1-5-12(9-11)20(17,18)14-8-2-3-10-6-7-10/h1,4-5,9-10,14H,2-3,6-8H2,(H2,13,15,16). The summed E-state index contributed by atoms with van der Waals surface area (Å²) >= 11 is 0. The maximum absolute atomic E-state index is 12.0. The van der Waals surface area contributed by atoms with E-state index in [4.69, 9.17) is 5.14 Å². The first kappa shape index (κ1) is 15.4. The molecule has 0 unspecified atom stereocenters. The van der Waals surface area contributed by atoms with E-state index in [0.29, 0.717) is 6.54 Å². The van der Waals surface area contributed by atoms with Gasteiger partial charge in [0.05, 0.1) is 9.79 Å². The van der Waals surface area contributed by atoms with Gasteiger partial charge in [0, 0.05) is 6.54 Å². The number of hydrogen-bond acceptors (Lipinski definition) is 4. The van der Waals surface area contributed by atoms with Crippen LogP contribution in [-0.2, 0) is 20.0 Å². The largest absolute Gasteiger partial charge is 0.240 e. The Morgan fingerprint density at radius 1 is 1.15 bits per heavy atom. The fraction of sp³-hybridized carbons (Fsp3) is 0.500. The van der Waals surface area contributed by atoms with Crippen molar-refractivity contribution in [2.45, 2.75) is 35.5 Å². The van der Waals surface area contributed by atoms with Gasteiger partial charge in [-0.05, 0) is 37.0 Å². The van der Waals surface area contributed by atoms with Crippen molar-refractivity contribution < 1.29 is 16.8 Å². The molecule has 0 radical (unpaired) electrons. The van der Waals surface area contributed by atoms with E-state index in [1.54, 1.807) is 0 Å². The molecule has 1 aromatic carbocycles. The molecule has 112 valence electrons. The number of benzene rings is 1. The van der Waals surface area contributed by atoms with Crippen molar-refractivity contribution in [1.29, 1.82) is 0 Å². The first-order valence-electron chi connectivity index (χ1n) is 6.41. The molecule has 0 saturated heterocycles. The number of nitrogens with two attached hydrogens (primary N) is 1. The lowest BCUT2D eigenvalue weighted by molar-refractivity contribution is 0.572. The van der Waals surface area contributed by atoms with Gasteiger partial charge in [0.15, 0.2) is 0 Å². The third-order valence-electron chi connectivity index (χ3n) is 3.22. The molecule has 1 aromatic rings. The monoisotopic (exact) mass is 318 g/mol. The summed E-state index contributed by atoms with van der Waals surface area (Å²) in [5.74, 6) is 0.755. The zero-order valence-corrected chi connectivity index (χ0v) is 12.6. The molecule has 2 rings (SSSR count). The summed E-state index contributed by atoms with van der Waals surface area (Å²) in [6.07, 6.45) is 4.30. The fourth-order valence-corrected chi connectivity index (χ4v) is 3.66. The van der Waals surface area contributed by atoms with E-state index < -0.39 is 20.0 Å². The van der Waals surface area contributed by atoms with Crippen LogP contribution in [0.15, 0.2) is 34.1 Å². The molecule has 1 aliphatic rings. The zero-order chi connectivity index (χ0) is 14.8. The third kappa shape index (κ3) is 4.27. The second-order valence-corrected chi connectivity index (χ2v) is 8.33. The molecule has 0 atom stereocenters. The third-order valence-corrected chi connectivity index (χ3v) is 5.59. The van der Waals surface area contributed by atoms with Gasteiger partial charge in [0.25, 0.3) is 0 Å².